The molecule has 3 aliphatic carbocycles. The van der Waals surface area contributed by atoms with Gasteiger partial charge in [0.2, 0.25) is 11.8 Å². The van der Waals surface area contributed by atoms with Crippen LogP contribution in [0.3, 0.4) is 0 Å². The molecule has 4 aromatic carbocycles. The number of hydrogen-bond acceptors (Lipinski definition) is 7. The predicted molar refractivity (Wildman–Crippen MR) is 172 cm³/mol. The van der Waals surface area contributed by atoms with Gasteiger partial charge in [-0.15, -0.1) is 0 Å². The van der Waals surface area contributed by atoms with Gasteiger partial charge in [0.05, 0.1) is 17.4 Å². The van der Waals surface area contributed by atoms with Crippen LogP contribution in [0, 0.1) is 11.8 Å². The SMILES string of the molecule is O=C(CCCCCN1C(=O)[C@@H]2C3c4ccccc4C(c4ccccc43)[C@@H]2C1=O)OCC(=O)c1ccc(OC(=O)c2ccccc2)cc1. The number of Topliss-reactive ketones (excluding diaryl/α,β-unsaturated/α-hetero) is 1. The summed E-state index contributed by atoms with van der Waals surface area (Å²) in [5.41, 5.74) is 5.35. The molecule has 8 heteroatoms. The van der Waals surface area contributed by atoms with Gasteiger partial charge in [-0.1, -0.05) is 73.2 Å². The molecule has 0 spiro atoms. The number of amides is 2. The summed E-state index contributed by atoms with van der Waals surface area (Å²) in [6.45, 7) is -0.0738. The van der Waals surface area contributed by atoms with Crippen LogP contribution < -0.4 is 4.74 Å². The number of benzene rings is 4. The van der Waals surface area contributed by atoms with E-state index in [0.717, 1.165) is 22.3 Å². The molecule has 0 unspecified atom stereocenters. The van der Waals surface area contributed by atoms with Gasteiger partial charge in [0, 0.05) is 30.4 Å². The zero-order valence-electron chi connectivity index (χ0n) is 25.7. The Morgan fingerprint density at radius 1 is 0.596 bits per heavy atom. The minimum atomic E-state index is -0.501. The third-order valence-corrected chi connectivity index (χ3v) is 9.56. The van der Waals surface area contributed by atoms with E-state index in [1.54, 1.807) is 30.3 Å². The summed E-state index contributed by atoms with van der Waals surface area (Å²) in [6, 6.07) is 31.0. The van der Waals surface area contributed by atoms with Gasteiger partial charge < -0.3 is 9.47 Å². The van der Waals surface area contributed by atoms with Crippen LogP contribution in [0.1, 0.15) is 80.5 Å². The Kier molecular flexibility index (Phi) is 8.24. The lowest BCUT2D eigenvalue weighted by Crippen LogP contribution is -2.41. The van der Waals surface area contributed by atoms with Crippen LogP contribution in [0.5, 0.6) is 5.75 Å². The molecule has 0 N–H and O–H groups in total. The highest BCUT2D eigenvalue weighted by atomic mass is 16.5. The van der Waals surface area contributed by atoms with Crippen LogP contribution in [-0.4, -0.2) is 47.6 Å². The van der Waals surface area contributed by atoms with Crippen LogP contribution in [0.4, 0.5) is 0 Å². The van der Waals surface area contributed by atoms with E-state index in [4.69, 9.17) is 9.47 Å². The minimum Gasteiger partial charge on any atom is -0.457 e. The third kappa shape index (κ3) is 5.65. The zero-order chi connectivity index (χ0) is 32.5. The van der Waals surface area contributed by atoms with Gasteiger partial charge in [0.25, 0.3) is 0 Å². The van der Waals surface area contributed by atoms with Gasteiger partial charge in [-0.2, -0.15) is 0 Å². The molecule has 0 radical (unpaired) electrons. The van der Waals surface area contributed by atoms with Crippen LogP contribution in [0.15, 0.2) is 103 Å². The number of imide groups is 1. The molecule has 8 nitrogen and oxygen atoms in total. The van der Waals surface area contributed by atoms with E-state index in [2.05, 4.69) is 24.3 Å². The second kappa shape index (κ2) is 12.8. The number of carbonyl (C=O) groups is 5. The smallest absolute Gasteiger partial charge is 0.343 e. The third-order valence-electron chi connectivity index (χ3n) is 9.56. The largest absolute Gasteiger partial charge is 0.457 e. The van der Waals surface area contributed by atoms with Crippen LogP contribution in [-0.2, 0) is 19.1 Å². The number of unbranched alkanes of at least 4 members (excludes halogenated alkanes) is 2. The first-order chi connectivity index (χ1) is 22.9. The quantitative estimate of drug-likeness (QED) is 0.0652. The summed E-state index contributed by atoms with van der Waals surface area (Å²) in [5.74, 6) is -2.26. The van der Waals surface area contributed by atoms with Gasteiger partial charge in [-0.3, -0.25) is 24.1 Å². The standard InChI is InChI=1S/C39H33NO7/c41-31(24-18-20-26(21-19-24)47-39(45)25-11-3-1-4-12-25)23-46-32(42)17-5-2-10-22-40-37(43)35-33-27-13-6-7-14-28(27)34(36(35)38(40)44)30-16-9-8-15-29(30)33/h1,3-4,6-9,11-16,18-21,33-36H,2,5,10,17,22-23H2/t33?,34?,35-,36+. The Labute approximate surface area is 272 Å². The summed E-state index contributed by atoms with van der Waals surface area (Å²) in [6.07, 6.45) is 1.86. The molecule has 4 aliphatic rings. The summed E-state index contributed by atoms with van der Waals surface area (Å²) >= 11 is 0. The number of hydrogen-bond donors (Lipinski definition) is 0. The lowest BCUT2D eigenvalue weighted by Gasteiger charge is -2.45. The van der Waals surface area contributed by atoms with E-state index < -0.39 is 18.5 Å². The van der Waals surface area contributed by atoms with Crippen LogP contribution in [0.25, 0.3) is 0 Å². The molecule has 0 aromatic heterocycles. The first kappa shape index (κ1) is 30.3. The lowest BCUT2D eigenvalue weighted by molar-refractivity contribution is -0.143. The van der Waals surface area contributed by atoms with E-state index >= 15 is 0 Å². The molecule has 236 valence electrons. The first-order valence-corrected chi connectivity index (χ1v) is 16.0. The number of rotatable bonds is 11. The summed E-state index contributed by atoms with van der Waals surface area (Å²) in [7, 11) is 0. The van der Waals surface area contributed by atoms with Crippen molar-refractivity contribution in [2.24, 2.45) is 11.8 Å². The number of likely N-dealkylation sites (tertiary alicyclic amines) is 1. The predicted octanol–water partition coefficient (Wildman–Crippen LogP) is 6.08. The number of esters is 2. The first-order valence-electron chi connectivity index (χ1n) is 16.0. The Morgan fingerprint density at radius 3 is 1.68 bits per heavy atom. The van der Waals surface area contributed by atoms with Crippen molar-refractivity contribution in [1.82, 2.24) is 4.90 Å². The highest BCUT2D eigenvalue weighted by molar-refractivity contribution is 6.07. The fraction of sp³-hybridized carbons (Fsp3) is 0.256. The molecule has 0 saturated carbocycles. The van der Waals surface area contributed by atoms with Crippen molar-refractivity contribution < 1.29 is 33.4 Å². The van der Waals surface area contributed by atoms with E-state index in [1.807, 2.05) is 24.3 Å². The molecule has 4 aromatic rings. The second-order valence-corrected chi connectivity index (χ2v) is 12.3. The van der Waals surface area contributed by atoms with E-state index in [9.17, 15) is 24.0 Å². The number of ketones is 1. The Hall–Kier alpha value is -5.37. The van der Waals surface area contributed by atoms with Gasteiger partial charge in [0.15, 0.2) is 12.4 Å². The van der Waals surface area contributed by atoms with Crippen LogP contribution >= 0.6 is 0 Å². The molecule has 8 rings (SSSR count). The summed E-state index contributed by atoms with van der Waals surface area (Å²) in [4.78, 5) is 65.9. The maximum atomic E-state index is 13.7. The summed E-state index contributed by atoms with van der Waals surface area (Å²) in [5, 5.41) is 0. The fourth-order valence-electron chi connectivity index (χ4n) is 7.43. The van der Waals surface area contributed by atoms with Crippen molar-refractivity contribution in [2.45, 2.75) is 37.5 Å². The fourth-order valence-corrected chi connectivity index (χ4v) is 7.43. The lowest BCUT2D eigenvalue weighted by atomic mass is 9.55. The molecular formula is C39H33NO7. The minimum absolute atomic E-state index is 0.0979. The van der Waals surface area contributed by atoms with E-state index in [1.165, 1.54) is 29.2 Å². The Bertz CT molecular complexity index is 1750. The molecule has 1 heterocycles. The second-order valence-electron chi connectivity index (χ2n) is 12.3. The molecule has 1 fully saturated rings. The Morgan fingerprint density at radius 2 is 1.13 bits per heavy atom. The highest BCUT2D eigenvalue weighted by Gasteiger charge is 2.61. The van der Waals surface area contributed by atoms with E-state index in [-0.39, 0.29) is 47.7 Å². The molecule has 47 heavy (non-hydrogen) atoms. The molecule has 2 atom stereocenters. The van der Waals surface area contributed by atoms with Gasteiger partial charge >= 0.3 is 11.9 Å². The van der Waals surface area contributed by atoms with Crippen molar-refractivity contribution in [2.75, 3.05) is 13.2 Å². The molecule has 2 bridgehead atoms. The monoisotopic (exact) mass is 627 g/mol. The van der Waals surface area contributed by atoms with Crippen molar-refractivity contribution in [3.63, 3.8) is 0 Å². The maximum Gasteiger partial charge on any atom is 0.343 e. The molecule has 1 aliphatic heterocycles. The zero-order valence-corrected chi connectivity index (χ0v) is 25.7. The van der Waals surface area contributed by atoms with Gasteiger partial charge in [-0.05, 0) is 71.5 Å². The number of ether oxygens (including phenoxy) is 2. The number of nitrogens with zero attached hydrogens (tertiary/aromatic N) is 1. The van der Waals surface area contributed by atoms with Crippen molar-refractivity contribution in [1.29, 1.82) is 0 Å². The van der Waals surface area contributed by atoms with Gasteiger partial charge in [-0.25, -0.2) is 4.79 Å². The maximum absolute atomic E-state index is 13.7. The topological polar surface area (TPSA) is 107 Å². The average Bonchev–Trinajstić information content (AvgIpc) is 3.36. The molecule has 2 amide bonds. The van der Waals surface area contributed by atoms with Crippen molar-refractivity contribution >= 4 is 29.5 Å². The highest BCUT2D eigenvalue weighted by Crippen LogP contribution is 2.60. The molecule has 1 saturated heterocycles. The van der Waals surface area contributed by atoms with Crippen molar-refractivity contribution in [3.8, 4) is 5.75 Å². The van der Waals surface area contributed by atoms with Crippen molar-refractivity contribution in [3.05, 3.63) is 137 Å². The Balaban J connectivity index is 0.864. The van der Waals surface area contributed by atoms with Gasteiger partial charge in [0.1, 0.15) is 5.75 Å². The molecular weight excluding hydrogens is 594 g/mol. The van der Waals surface area contributed by atoms with Crippen LogP contribution in [0.2, 0.25) is 0 Å². The normalized spacial score (nSPS) is 20.3. The number of carbonyl (C=O) groups excluding carboxylic acids is 5. The average molecular weight is 628 g/mol. The van der Waals surface area contributed by atoms with E-state index in [0.29, 0.717) is 42.7 Å². The summed E-state index contributed by atoms with van der Waals surface area (Å²) < 4.78 is 10.5.